The second kappa shape index (κ2) is 7.59. The number of carbonyl (C=O) groups excluding carboxylic acids is 2. The van der Waals surface area contributed by atoms with Crippen molar-refractivity contribution in [3.05, 3.63) is 66.2 Å². The normalized spacial score (nSPS) is 10.3. The van der Waals surface area contributed by atoms with Crippen molar-refractivity contribution in [2.24, 2.45) is 0 Å². The predicted octanol–water partition coefficient (Wildman–Crippen LogP) is 2.22. The molecule has 2 amide bonds. The highest BCUT2D eigenvalue weighted by molar-refractivity contribution is 6.06. The number of rotatable bonds is 5. The number of amides is 2. The summed E-state index contributed by atoms with van der Waals surface area (Å²) >= 11 is 0. The first-order valence-corrected chi connectivity index (χ1v) is 6.87. The molecule has 7 heteroatoms. The van der Waals surface area contributed by atoms with Gasteiger partial charge in [0.2, 0.25) is 5.91 Å². The van der Waals surface area contributed by atoms with Gasteiger partial charge in [-0.05, 0) is 36.4 Å². The minimum atomic E-state index is -1.22. The fraction of sp³-hybridized carbons (Fsp3) is 0. The first-order valence-electron chi connectivity index (χ1n) is 6.87. The Balaban J connectivity index is 1.99. The Morgan fingerprint density at radius 2 is 1.42 bits per heavy atom. The molecule has 2 rings (SSSR count). The summed E-state index contributed by atoms with van der Waals surface area (Å²) < 4.78 is 0. The van der Waals surface area contributed by atoms with Crippen molar-refractivity contribution in [3.63, 3.8) is 0 Å². The second-order valence-corrected chi connectivity index (χ2v) is 4.71. The van der Waals surface area contributed by atoms with Gasteiger partial charge in [-0.15, -0.1) is 0 Å². The highest BCUT2D eigenvalue weighted by Gasteiger charge is 2.10. The molecule has 0 bridgehead atoms. The van der Waals surface area contributed by atoms with Gasteiger partial charge in [-0.2, -0.15) is 0 Å². The molecular weight excluding hydrogens is 312 g/mol. The first-order chi connectivity index (χ1) is 11.5. The van der Waals surface area contributed by atoms with E-state index in [1.165, 1.54) is 12.1 Å². The zero-order valence-electron chi connectivity index (χ0n) is 12.4. The number of carboxylic acid groups (broad SMARTS) is 1. The van der Waals surface area contributed by atoms with Crippen molar-refractivity contribution in [3.8, 4) is 5.75 Å². The molecule has 0 saturated carbocycles. The zero-order chi connectivity index (χ0) is 17.5. The summed E-state index contributed by atoms with van der Waals surface area (Å²) in [7, 11) is 0. The number of benzene rings is 2. The number of aliphatic carboxylic acids is 1. The molecule has 0 aliphatic carbocycles. The van der Waals surface area contributed by atoms with Crippen molar-refractivity contribution in [1.82, 2.24) is 0 Å². The van der Waals surface area contributed by atoms with E-state index in [0.29, 0.717) is 11.4 Å². The Morgan fingerprint density at radius 1 is 0.833 bits per heavy atom. The highest BCUT2D eigenvalue weighted by Crippen LogP contribution is 2.19. The van der Waals surface area contributed by atoms with Crippen molar-refractivity contribution in [2.75, 3.05) is 10.6 Å². The SMILES string of the molecule is O=C(O)C=CC(=O)Nc1ccc(NC(=O)c2ccccc2O)cc1. The van der Waals surface area contributed by atoms with Gasteiger partial charge in [0, 0.05) is 23.5 Å². The minimum absolute atomic E-state index is 0.121. The lowest BCUT2D eigenvalue weighted by atomic mass is 10.2. The van der Waals surface area contributed by atoms with Crippen LogP contribution in [0.2, 0.25) is 0 Å². The predicted molar refractivity (Wildman–Crippen MR) is 87.9 cm³/mol. The van der Waals surface area contributed by atoms with Crippen molar-refractivity contribution < 1.29 is 24.6 Å². The topological polar surface area (TPSA) is 116 Å². The number of carbonyl (C=O) groups is 3. The molecular formula is C17H14N2O5. The van der Waals surface area contributed by atoms with Gasteiger partial charge in [-0.25, -0.2) is 4.79 Å². The summed E-state index contributed by atoms with van der Waals surface area (Å²) in [5.74, 6) is -2.38. The molecule has 0 spiro atoms. The highest BCUT2D eigenvalue weighted by atomic mass is 16.4. The van der Waals surface area contributed by atoms with Crippen LogP contribution in [0.25, 0.3) is 0 Å². The summed E-state index contributed by atoms with van der Waals surface area (Å²) in [5.41, 5.74) is 1.06. The molecule has 0 radical (unpaired) electrons. The number of phenols is 1. The van der Waals surface area contributed by atoms with Gasteiger partial charge in [-0.3, -0.25) is 9.59 Å². The number of para-hydroxylation sites is 1. The Kier molecular flexibility index (Phi) is 5.30. The molecule has 0 aromatic heterocycles. The van der Waals surface area contributed by atoms with Crippen LogP contribution in [0.1, 0.15) is 10.4 Å². The van der Waals surface area contributed by atoms with Gasteiger partial charge in [-0.1, -0.05) is 12.1 Å². The molecule has 24 heavy (non-hydrogen) atoms. The molecule has 0 fully saturated rings. The Hall–Kier alpha value is -3.61. The monoisotopic (exact) mass is 326 g/mol. The number of carboxylic acids is 1. The lowest BCUT2D eigenvalue weighted by Crippen LogP contribution is -2.12. The fourth-order valence-electron chi connectivity index (χ4n) is 1.83. The van der Waals surface area contributed by atoms with E-state index in [1.54, 1.807) is 36.4 Å². The molecule has 0 unspecified atom stereocenters. The minimum Gasteiger partial charge on any atom is -0.507 e. The molecule has 2 aromatic rings. The Labute approximate surface area is 137 Å². The zero-order valence-corrected chi connectivity index (χ0v) is 12.4. The van der Waals surface area contributed by atoms with Crippen LogP contribution in [0.4, 0.5) is 11.4 Å². The Morgan fingerprint density at radius 3 is 2.00 bits per heavy atom. The third-order valence-corrected chi connectivity index (χ3v) is 2.94. The van der Waals surface area contributed by atoms with E-state index in [2.05, 4.69) is 10.6 Å². The number of hydrogen-bond acceptors (Lipinski definition) is 4. The molecule has 0 atom stereocenters. The van der Waals surface area contributed by atoms with Gasteiger partial charge in [0.1, 0.15) is 5.75 Å². The van der Waals surface area contributed by atoms with Crippen LogP contribution in [0, 0.1) is 0 Å². The molecule has 0 saturated heterocycles. The van der Waals surface area contributed by atoms with E-state index in [4.69, 9.17) is 5.11 Å². The quantitative estimate of drug-likeness (QED) is 0.629. The molecule has 0 heterocycles. The van der Waals surface area contributed by atoms with Crippen LogP contribution >= 0.6 is 0 Å². The maximum absolute atomic E-state index is 12.0. The fourth-order valence-corrected chi connectivity index (χ4v) is 1.83. The van der Waals surface area contributed by atoms with E-state index < -0.39 is 17.8 Å². The summed E-state index contributed by atoms with van der Waals surface area (Å²) in [6.45, 7) is 0. The van der Waals surface area contributed by atoms with Crippen LogP contribution in [0.15, 0.2) is 60.7 Å². The summed E-state index contributed by atoms with van der Waals surface area (Å²) in [6, 6.07) is 12.4. The molecule has 7 nitrogen and oxygen atoms in total. The average molecular weight is 326 g/mol. The molecule has 0 aliphatic rings. The van der Waals surface area contributed by atoms with Crippen molar-refractivity contribution in [2.45, 2.75) is 0 Å². The molecule has 4 N–H and O–H groups in total. The number of phenolic OH excluding ortho intramolecular Hbond substituents is 1. The van der Waals surface area contributed by atoms with Crippen LogP contribution in [-0.4, -0.2) is 28.0 Å². The van der Waals surface area contributed by atoms with E-state index in [0.717, 1.165) is 12.2 Å². The van der Waals surface area contributed by atoms with Gasteiger partial charge in [0.05, 0.1) is 5.56 Å². The first kappa shape index (κ1) is 16.8. The van der Waals surface area contributed by atoms with Crippen molar-refractivity contribution >= 4 is 29.2 Å². The van der Waals surface area contributed by atoms with Crippen LogP contribution in [-0.2, 0) is 9.59 Å². The number of nitrogens with one attached hydrogen (secondary N) is 2. The smallest absolute Gasteiger partial charge is 0.328 e. The summed E-state index contributed by atoms with van der Waals surface area (Å²) in [6.07, 6.45) is 1.63. The van der Waals surface area contributed by atoms with E-state index >= 15 is 0 Å². The van der Waals surface area contributed by atoms with Crippen LogP contribution < -0.4 is 10.6 Å². The number of aromatic hydroxyl groups is 1. The molecule has 2 aromatic carbocycles. The maximum atomic E-state index is 12.0. The Bertz CT molecular complexity index is 797. The number of anilines is 2. The average Bonchev–Trinajstić information content (AvgIpc) is 2.55. The van der Waals surface area contributed by atoms with E-state index in [-0.39, 0.29) is 11.3 Å². The number of hydrogen-bond donors (Lipinski definition) is 4. The third kappa shape index (κ3) is 4.70. The van der Waals surface area contributed by atoms with Gasteiger partial charge >= 0.3 is 5.97 Å². The standard InChI is InChI=1S/C17H14N2O5/c20-14-4-2-1-3-13(14)17(24)19-12-7-5-11(6-8-12)18-15(21)9-10-16(22)23/h1-10,20H,(H,18,21)(H,19,24)(H,22,23). The maximum Gasteiger partial charge on any atom is 0.328 e. The lowest BCUT2D eigenvalue weighted by Gasteiger charge is -2.08. The van der Waals surface area contributed by atoms with Gasteiger partial charge in [0.15, 0.2) is 0 Å². The van der Waals surface area contributed by atoms with E-state index in [9.17, 15) is 19.5 Å². The molecule has 0 aliphatic heterocycles. The lowest BCUT2D eigenvalue weighted by molar-refractivity contribution is -0.131. The van der Waals surface area contributed by atoms with Gasteiger partial charge < -0.3 is 20.8 Å². The van der Waals surface area contributed by atoms with Crippen molar-refractivity contribution in [1.29, 1.82) is 0 Å². The molecule has 122 valence electrons. The second-order valence-electron chi connectivity index (χ2n) is 4.71. The van der Waals surface area contributed by atoms with E-state index in [1.807, 2.05) is 0 Å². The third-order valence-electron chi connectivity index (χ3n) is 2.94. The summed E-state index contributed by atoms with van der Waals surface area (Å²) in [4.78, 5) is 33.8. The van der Waals surface area contributed by atoms with Gasteiger partial charge in [0.25, 0.3) is 5.91 Å². The van der Waals surface area contributed by atoms with Crippen LogP contribution in [0.3, 0.4) is 0 Å². The largest absolute Gasteiger partial charge is 0.507 e. The summed E-state index contributed by atoms with van der Waals surface area (Å²) in [5, 5.41) is 23.2. The van der Waals surface area contributed by atoms with Crippen LogP contribution in [0.5, 0.6) is 5.75 Å².